The van der Waals surface area contributed by atoms with Crippen LogP contribution in [0.3, 0.4) is 0 Å². The topological polar surface area (TPSA) is 38.7 Å². The molecule has 0 aliphatic heterocycles. The fraction of sp³-hybridized carbons (Fsp3) is 0.0500. The van der Waals surface area contributed by atoms with E-state index in [4.69, 9.17) is 16.6 Å². The van der Waals surface area contributed by atoms with Crippen LogP contribution in [-0.4, -0.2) is 15.0 Å². The quantitative estimate of drug-likeness (QED) is 0.499. The monoisotopic (exact) mass is 331 g/mol. The van der Waals surface area contributed by atoms with Crippen LogP contribution in [-0.2, 0) is 0 Å². The van der Waals surface area contributed by atoms with Crippen LogP contribution < -0.4 is 0 Å². The van der Waals surface area contributed by atoms with Crippen LogP contribution in [0, 0.1) is 6.92 Å². The number of aryl methyl sites for hydroxylation is 1. The van der Waals surface area contributed by atoms with Gasteiger partial charge in [0.1, 0.15) is 5.69 Å². The molecule has 0 aliphatic carbocycles. The summed E-state index contributed by atoms with van der Waals surface area (Å²) in [5.74, 6) is 0.604. The van der Waals surface area contributed by atoms with Crippen molar-refractivity contribution in [2.75, 3.05) is 0 Å². The standard InChI is InChI=1S/C20H14ClN3/c1-13-6-5-9-17(22-13)20-23-18-12-15(21)10-11-16(18)19(24-20)14-7-3-2-4-8-14/h2-12H,1H3. The molecule has 0 amide bonds. The summed E-state index contributed by atoms with van der Waals surface area (Å²) in [7, 11) is 0. The van der Waals surface area contributed by atoms with Crippen LogP contribution in [0.25, 0.3) is 33.7 Å². The van der Waals surface area contributed by atoms with Gasteiger partial charge in [0.2, 0.25) is 0 Å². The lowest BCUT2D eigenvalue weighted by molar-refractivity contribution is 1.14. The minimum absolute atomic E-state index is 0.604. The van der Waals surface area contributed by atoms with Gasteiger partial charge in [0.05, 0.1) is 11.2 Å². The smallest absolute Gasteiger partial charge is 0.179 e. The molecule has 116 valence electrons. The Kier molecular flexibility index (Phi) is 3.71. The predicted octanol–water partition coefficient (Wildman–Crippen LogP) is 5.32. The van der Waals surface area contributed by atoms with Gasteiger partial charge in [-0.2, -0.15) is 0 Å². The van der Waals surface area contributed by atoms with Gasteiger partial charge in [-0.1, -0.05) is 48.0 Å². The highest BCUT2D eigenvalue weighted by molar-refractivity contribution is 6.31. The van der Waals surface area contributed by atoms with Gasteiger partial charge >= 0.3 is 0 Å². The predicted molar refractivity (Wildman–Crippen MR) is 98.0 cm³/mol. The molecule has 0 atom stereocenters. The van der Waals surface area contributed by atoms with Gasteiger partial charge in [0.25, 0.3) is 0 Å². The van der Waals surface area contributed by atoms with Crippen molar-refractivity contribution in [1.82, 2.24) is 15.0 Å². The highest BCUT2D eigenvalue weighted by Gasteiger charge is 2.12. The first-order valence-electron chi connectivity index (χ1n) is 7.67. The van der Waals surface area contributed by atoms with E-state index >= 15 is 0 Å². The van der Waals surface area contributed by atoms with Gasteiger partial charge in [0.15, 0.2) is 5.82 Å². The summed E-state index contributed by atoms with van der Waals surface area (Å²) in [5, 5.41) is 1.63. The van der Waals surface area contributed by atoms with Gasteiger partial charge < -0.3 is 0 Å². The molecule has 4 rings (SSSR count). The van der Waals surface area contributed by atoms with Crippen molar-refractivity contribution < 1.29 is 0 Å². The Bertz CT molecular complexity index is 1030. The lowest BCUT2D eigenvalue weighted by Gasteiger charge is -2.09. The lowest BCUT2D eigenvalue weighted by Crippen LogP contribution is -1.97. The summed E-state index contributed by atoms with van der Waals surface area (Å²) >= 11 is 6.16. The Morgan fingerprint density at radius 3 is 2.42 bits per heavy atom. The van der Waals surface area contributed by atoms with E-state index in [1.54, 1.807) is 0 Å². The second-order valence-corrected chi connectivity index (χ2v) is 6.02. The van der Waals surface area contributed by atoms with Crippen molar-refractivity contribution >= 4 is 22.5 Å². The van der Waals surface area contributed by atoms with Gasteiger partial charge in [-0.25, -0.2) is 15.0 Å². The van der Waals surface area contributed by atoms with Crippen molar-refractivity contribution in [2.45, 2.75) is 6.92 Å². The molecule has 24 heavy (non-hydrogen) atoms. The molecule has 0 radical (unpaired) electrons. The molecule has 0 fully saturated rings. The summed E-state index contributed by atoms with van der Waals surface area (Å²) in [5.41, 5.74) is 4.43. The van der Waals surface area contributed by atoms with E-state index in [-0.39, 0.29) is 0 Å². The first kappa shape index (κ1) is 14.8. The van der Waals surface area contributed by atoms with E-state index in [0.717, 1.165) is 33.5 Å². The highest BCUT2D eigenvalue weighted by Crippen LogP contribution is 2.30. The largest absolute Gasteiger partial charge is 0.250 e. The SMILES string of the molecule is Cc1cccc(-c2nc(-c3ccccc3)c3ccc(Cl)cc3n2)n1. The molecule has 3 nitrogen and oxygen atoms in total. The van der Waals surface area contributed by atoms with Crippen molar-refractivity contribution in [1.29, 1.82) is 0 Å². The molecule has 0 bridgehead atoms. The second kappa shape index (κ2) is 6.02. The summed E-state index contributed by atoms with van der Waals surface area (Å²) in [6.45, 7) is 1.96. The van der Waals surface area contributed by atoms with Crippen molar-refractivity contribution in [3.8, 4) is 22.8 Å². The van der Waals surface area contributed by atoms with E-state index in [0.29, 0.717) is 10.8 Å². The highest BCUT2D eigenvalue weighted by atomic mass is 35.5. The van der Waals surface area contributed by atoms with Gasteiger partial charge in [-0.05, 0) is 37.3 Å². The molecular weight excluding hydrogens is 318 g/mol. The number of hydrogen-bond acceptors (Lipinski definition) is 3. The summed E-state index contributed by atoms with van der Waals surface area (Å²) in [4.78, 5) is 14.0. The number of hydrogen-bond donors (Lipinski definition) is 0. The number of pyridine rings is 1. The van der Waals surface area contributed by atoms with Crippen molar-refractivity contribution in [3.63, 3.8) is 0 Å². The van der Waals surface area contributed by atoms with E-state index in [1.165, 1.54) is 0 Å². The van der Waals surface area contributed by atoms with Crippen LogP contribution in [0.2, 0.25) is 5.02 Å². The average molecular weight is 332 g/mol. The number of aromatic nitrogens is 3. The molecule has 0 aliphatic rings. The van der Waals surface area contributed by atoms with Crippen LogP contribution in [0.5, 0.6) is 0 Å². The zero-order valence-corrected chi connectivity index (χ0v) is 13.8. The molecular formula is C20H14ClN3. The Morgan fingerprint density at radius 1 is 0.792 bits per heavy atom. The fourth-order valence-electron chi connectivity index (χ4n) is 2.70. The second-order valence-electron chi connectivity index (χ2n) is 5.59. The van der Waals surface area contributed by atoms with E-state index in [9.17, 15) is 0 Å². The third-order valence-corrected chi connectivity index (χ3v) is 4.06. The molecule has 2 aromatic carbocycles. The van der Waals surface area contributed by atoms with Crippen LogP contribution >= 0.6 is 11.6 Å². The molecule has 4 heteroatoms. The zero-order valence-electron chi connectivity index (χ0n) is 13.1. The fourth-order valence-corrected chi connectivity index (χ4v) is 2.87. The number of benzene rings is 2. The molecule has 0 saturated carbocycles. The maximum Gasteiger partial charge on any atom is 0.179 e. The summed E-state index contributed by atoms with van der Waals surface area (Å²) in [6, 6.07) is 21.6. The molecule has 4 aromatic rings. The van der Waals surface area contributed by atoms with Gasteiger partial charge in [0, 0.05) is 21.7 Å². The Hall–Kier alpha value is -2.78. The zero-order chi connectivity index (χ0) is 16.5. The number of fused-ring (bicyclic) bond motifs is 1. The third-order valence-electron chi connectivity index (χ3n) is 3.82. The lowest BCUT2D eigenvalue weighted by atomic mass is 10.1. The molecule has 0 spiro atoms. The normalized spacial score (nSPS) is 10.9. The third kappa shape index (κ3) is 2.74. The first-order chi connectivity index (χ1) is 11.7. The van der Waals surface area contributed by atoms with Crippen molar-refractivity contribution in [2.24, 2.45) is 0 Å². The van der Waals surface area contributed by atoms with Crippen LogP contribution in [0.4, 0.5) is 0 Å². The number of nitrogens with zero attached hydrogens (tertiary/aromatic N) is 3. The van der Waals surface area contributed by atoms with E-state index in [2.05, 4.69) is 9.97 Å². The first-order valence-corrected chi connectivity index (χ1v) is 8.05. The molecule has 0 N–H and O–H groups in total. The molecule has 2 heterocycles. The maximum absolute atomic E-state index is 6.16. The number of rotatable bonds is 2. The summed E-state index contributed by atoms with van der Waals surface area (Å²) in [6.07, 6.45) is 0. The summed E-state index contributed by atoms with van der Waals surface area (Å²) < 4.78 is 0. The molecule has 2 aromatic heterocycles. The number of halogens is 1. The Balaban J connectivity index is 2.03. The maximum atomic E-state index is 6.16. The average Bonchev–Trinajstić information content (AvgIpc) is 2.61. The van der Waals surface area contributed by atoms with Gasteiger partial charge in [-0.3, -0.25) is 0 Å². The Labute approximate surface area is 145 Å². The van der Waals surface area contributed by atoms with E-state index < -0.39 is 0 Å². The Morgan fingerprint density at radius 2 is 1.62 bits per heavy atom. The van der Waals surface area contributed by atoms with E-state index in [1.807, 2.05) is 73.7 Å². The molecule has 0 unspecified atom stereocenters. The minimum atomic E-state index is 0.604. The molecule has 0 saturated heterocycles. The van der Waals surface area contributed by atoms with Crippen LogP contribution in [0.15, 0.2) is 66.7 Å². The van der Waals surface area contributed by atoms with Gasteiger partial charge in [-0.15, -0.1) is 0 Å². The van der Waals surface area contributed by atoms with Crippen molar-refractivity contribution in [3.05, 3.63) is 77.4 Å². The minimum Gasteiger partial charge on any atom is -0.250 e. The van der Waals surface area contributed by atoms with Crippen LogP contribution in [0.1, 0.15) is 5.69 Å².